The van der Waals surface area contributed by atoms with Gasteiger partial charge < -0.3 is 30.0 Å². The summed E-state index contributed by atoms with van der Waals surface area (Å²) in [5.41, 5.74) is 3.02. The van der Waals surface area contributed by atoms with Crippen LogP contribution in [-0.2, 0) is 32.7 Å². The minimum Gasteiger partial charge on any atom is -0.465 e. The zero-order valence-electron chi connectivity index (χ0n) is 21.9. The lowest BCUT2D eigenvalue weighted by atomic mass is 9.91. The van der Waals surface area contributed by atoms with Gasteiger partial charge in [0.05, 0.1) is 25.4 Å². The van der Waals surface area contributed by atoms with E-state index in [1.54, 1.807) is 36.9 Å². The number of aliphatic hydroxyl groups excluding tert-OH is 1. The summed E-state index contributed by atoms with van der Waals surface area (Å²) in [6.45, 7) is 3.75. The minimum absolute atomic E-state index is 0.00937. The van der Waals surface area contributed by atoms with Gasteiger partial charge in [0, 0.05) is 30.0 Å². The van der Waals surface area contributed by atoms with Crippen LogP contribution in [0.1, 0.15) is 42.9 Å². The number of hydrogen-bond acceptors (Lipinski definition) is 10. The topological polar surface area (TPSA) is 150 Å². The Morgan fingerprint density at radius 3 is 2.64 bits per heavy atom. The van der Waals surface area contributed by atoms with Crippen LogP contribution in [-0.4, -0.2) is 62.3 Å². The monoisotopic (exact) mass is 556 g/mol. The Bertz CT molecular complexity index is 1260. The summed E-state index contributed by atoms with van der Waals surface area (Å²) < 4.78 is 19.3. The highest BCUT2D eigenvalue weighted by Crippen LogP contribution is 2.43. The highest BCUT2D eigenvalue weighted by Gasteiger charge is 2.38. The van der Waals surface area contributed by atoms with Gasteiger partial charge >= 0.3 is 12.0 Å². The summed E-state index contributed by atoms with van der Waals surface area (Å²) in [7, 11) is 1.78. The fourth-order valence-corrected chi connectivity index (χ4v) is 5.13. The molecule has 1 aliphatic heterocycles. The first kappa shape index (κ1) is 28.5. The molecule has 13 heteroatoms. The number of nitrogens with one attached hydrogen (secondary N) is 2. The standard InChI is InChI=1S/C26H32N6O6S/c1-4-36-22(34)13-27-25(35)28-20-7-5-6-19(12-20)24-37-21(15-39-26-29-30-31-32(26)3)16(2)23(38-24)18-10-8-17(14-33)9-11-18/h5-12,16,21,23-24,33H,4,13-15H2,1-3H3,(H2,27,28,35). The molecule has 3 N–H and O–H groups in total. The number of tetrazole rings is 1. The molecule has 12 nitrogen and oxygen atoms in total. The Hall–Kier alpha value is -3.52. The Labute approximate surface area is 230 Å². The fourth-order valence-electron chi connectivity index (χ4n) is 4.11. The predicted molar refractivity (Wildman–Crippen MR) is 143 cm³/mol. The maximum Gasteiger partial charge on any atom is 0.325 e. The van der Waals surface area contributed by atoms with E-state index in [-0.39, 0.29) is 37.9 Å². The number of amides is 2. The zero-order valence-corrected chi connectivity index (χ0v) is 22.8. The van der Waals surface area contributed by atoms with Crippen molar-refractivity contribution in [3.05, 3.63) is 65.2 Å². The molecule has 1 saturated heterocycles. The van der Waals surface area contributed by atoms with E-state index in [9.17, 15) is 14.7 Å². The molecular formula is C26H32N6O6S. The van der Waals surface area contributed by atoms with E-state index in [0.29, 0.717) is 16.6 Å². The number of hydrogen-bond donors (Lipinski definition) is 3. The molecule has 4 atom stereocenters. The first-order chi connectivity index (χ1) is 18.9. The van der Waals surface area contributed by atoms with Gasteiger partial charge in [0.2, 0.25) is 5.16 Å². The van der Waals surface area contributed by atoms with Crippen LogP contribution < -0.4 is 10.6 Å². The lowest BCUT2D eigenvalue weighted by molar-refractivity contribution is -0.268. The molecule has 0 bridgehead atoms. The SMILES string of the molecule is CCOC(=O)CNC(=O)Nc1cccc(C2OC(CSc3nnnn3C)C(C)C(c3ccc(CO)cc3)O2)c1. The van der Waals surface area contributed by atoms with Crippen LogP contribution in [0.3, 0.4) is 0 Å². The van der Waals surface area contributed by atoms with Crippen molar-refractivity contribution in [2.24, 2.45) is 13.0 Å². The number of urea groups is 1. The lowest BCUT2D eigenvalue weighted by Gasteiger charge is -2.41. The van der Waals surface area contributed by atoms with Crippen molar-refractivity contribution in [1.82, 2.24) is 25.5 Å². The highest BCUT2D eigenvalue weighted by molar-refractivity contribution is 7.99. The minimum atomic E-state index is -0.712. The molecule has 208 valence electrons. The van der Waals surface area contributed by atoms with E-state index in [1.807, 2.05) is 30.3 Å². The molecule has 1 aromatic heterocycles. The van der Waals surface area contributed by atoms with E-state index < -0.39 is 18.3 Å². The van der Waals surface area contributed by atoms with Crippen LogP contribution >= 0.6 is 11.8 Å². The van der Waals surface area contributed by atoms with E-state index in [2.05, 4.69) is 33.1 Å². The average molecular weight is 557 g/mol. The number of rotatable bonds is 10. The van der Waals surface area contributed by atoms with Crippen LogP contribution in [0.2, 0.25) is 0 Å². The van der Waals surface area contributed by atoms with Crippen LogP contribution in [0, 0.1) is 5.92 Å². The fraction of sp³-hybridized carbons (Fsp3) is 0.423. The summed E-state index contributed by atoms with van der Waals surface area (Å²) in [5.74, 6) is 0.0674. The number of aliphatic hydroxyl groups is 1. The van der Waals surface area contributed by atoms with Gasteiger partial charge in [-0.15, -0.1) is 5.10 Å². The molecule has 1 fully saturated rings. The predicted octanol–water partition coefficient (Wildman–Crippen LogP) is 2.97. The van der Waals surface area contributed by atoms with Crippen LogP contribution in [0.25, 0.3) is 0 Å². The van der Waals surface area contributed by atoms with Crippen molar-refractivity contribution < 1.29 is 28.9 Å². The quantitative estimate of drug-likeness (QED) is 0.251. The second-order valence-corrected chi connectivity index (χ2v) is 9.94. The first-order valence-electron chi connectivity index (χ1n) is 12.5. The number of anilines is 1. The van der Waals surface area contributed by atoms with E-state index >= 15 is 0 Å². The maximum atomic E-state index is 12.3. The maximum absolute atomic E-state index is 12.3. The van der Waals surface area contributed by atoms with Crippen molar-refractivity contribution in [3.63, 3.8) is 0 Å². The highest BCUT2D eigenvalue weighted by atomic mass is 32.2. The van der Waals surface area contributed by atoms with Gasteiger partial charge in [-0.3, -0.25) is 4.79 Å². The molecule has 2 aromatic carbocycles. The number of ether oxygens (including phenoxy) is 3. The van der Waals surface area contributed by atoms with Crippen molar-refractivity contribution in [1.29, 1.82) is 0 Å². The molecule has 0 saturated carbocycles. The van der Waals surface area contributed by atoms with Gasteiger partial charge in [0.15, 0.2) is 6.29 Å². The van der Waals surface area contributed by atoms with E-state index in [4.69, 9.17) is 14.2 Å². The number of aromatic nitrogens is 4. The molecule has 0 aliphatic carbocycles. The summed E-state index contributed by atoms with van der Waals surface area (Å²) in [6.07, 6.45) is -1.21. The molecule has 3 aromatic rings. The third-order valence-electron chi connectivity index (χ3n) is 6.20. The molecule has 0 spiro atoms. The van der Waals surface area contributed by atoms with E-state index in [1.165, 1.54) is 11.8 Å². The Kier molecular flexibility index (Phi) is 9.87. The molecule has 2 heterocycles. The molecule has 4 unspecified atom stereocenters. The average Bonchev–Trinajstić information content (AvgIpc) is 3.36. The van der Waals surface area contributed by atoms with Crippen LogP contribution in [0.4, 0.5) is 10.5 Å². The van der Waals surface area contributed by atoms with Gasteiger partial charge in [-0.05, 0) is 40.6 Å². The zero-order chi connectivity index (χ0) is 27.8. The number of benzene rings is 2. The molecule has 39 heavy (non-hydrogen) atoms. The first-order valence-corrected chi connectivity index (χ1v) is 13.5. The number of nitrogens with zero attached hydrogens (tertiary/aromatic N) is 4. The van der Waals surface area contributed by atoms with Gasteiger partial charge in [-0.25, -0.2) is 9.48 Å². The number of thioether (sulfide) groups is 1. The van der Waals surface area contributed by atoms with Crippen molar-refractivity contribution in [2.75, 3.05) is 24.2 Å². The molecule has 2 amide bonds. The second-order valence-electron chi connectivity index (χ2n) is 8.96. The van der Waals surface area contributed by atoms with Crippen LogP contribution in [0.5, 0.6) is 0 Å². The van der Waals surface area contributed by atoms with Crippen LogP contribution in [0.15, 0.2) is 53.7 Å². The normalized spacial score (nSPS) is 20.8. The second kappa shape index (κ2) is 13.5. The Morgan fingerprint density at radius 2 is 1.95 bits per heavy atom. The number of carbonyl (C=O) groups excluding carboxylic acids is 2. The smallest absolute Gasteiger partial charge is 0.325 e. The largest absolute Gasteiger partial charge is 0.465 e. The van der Waals surface area contributed by atoms with Gasteiger partial charge in [0.25, 0.3) is 0 Å². The van der Waals surface area contributed by atoms with E-state index in [0.717, 1.165) is 16.7 Å². The molecule has 4 rings (SSSR count). The van der Waals surface area contributed by atoms with Crippen molar-refractivity contribution in [3.8, 4) is 0 Å². The Morgan fingerprint density at radius 1 is 1.15 bits per heavy atom. The van der Waals surface area contributed by atoms with Gasteiger partial charge in [-0.2, -0.15) is 0 Å². The molecular weight excluding hydrogens is 524 g/mol. The summed E-state index contributed by atoms with van der Waals surface area (Å²) in [6, 6.07) is 14.3. The number of aryl methyl sites for hydroxylation is 1. The molecule has 0 radical (unpaired) electrons. The lowest BCUT2D eigenvalue weighted by Crippen LogP contribution is -2.38. The van der Waals surface area contributed by atoms with Gasteiger partial charge in [0.1, 0.15) is 6.54 Å². The van der Waals surface area contributed by atoms with Gasteiger partial charge in [-0.1, -0.05) is 55.1 Å². The Balaban J connectivity index is 1.51. The van der Waals surface area contributed by atoms with Crippen molar-refractivity contribution >= 4 is 29.4 Å². The number of esters is 1. The molecule has 1 aliphatic rings. The third-order valence-corrected chi connectivity index (χ3v) is 7.30. The summed E-state index contributed by atoms with van der Waals surface area (Å²) in [5, 5.41) is 27.0. The summed E-state index contributed by atoms with van der Waals surface area (Å²) in [4.78, 5) is 23.8. The summed E-state index contributed by atoms with van der Waals surface area (Å²) >= 11 is 1.50. The third kappa shape index (κ3) is 7.53. The van der Waals surface area contributed by atoms with Crippen molar-refractivity contribution in [2.45, 2.75) is 44.1 Å². The number of carbonyl (C=O) groups is 2.